The van der Waals surface area contributed by atoms with E-state index < -0.39 is 5.97 Å². The smallest absolute Gasteiger partial charge is 0.335 e. The molecule has 3 rings (SSSR count). The van der Waals surface area contributed by atoms with Crippen molar-refractivity contribution in [1.29, 1.82) is 0 Å². The van der Waals surface area contributed by atoms with E-state index in [0.717, 1.165) is 11.4 Å². The number of anilines is 2. The molecule has 2 aromatic carbocycles. The summed E-state index contributed by atoms with van der Waals surface area (Å²) in [5.41, 5.74) is 3.52. The first-order valence-corrected chi connectivity index (χ1v) is 6.75. The fourth-order valence-corrected chi connectivity index (χ4v) is 2.38. The molecule has 0 bridgehead atoms. The summed E-state index contributed by atoms with van der Waals surface area (Å²) in [6.07, 6.45) is 3.96. The number of carboxylic acids is 1. The second-order valence-electron chi connectivity index (χ2n) is 5.07. The Hall–Kier alpha value is -2.75. The minimum absolute atomic E-state index is 0.301. The Morgan fingerprint density at radius 1 is 1.00 bits per heavy atom. The number of benzene rings is 2. The molecule has 4 nitrogen and oxygen atoms in total. The van der Waals surface area contributed by atoms with Gasteiger partial charge in [0.1, 0.15) is 0 Å². The van der Waals surface area contributed by atoms with Crippen LogP contribution in [0.15, 0.2) is 60.9 Å². The van der Waals surface area contributed by atoms with Gasteiger partial charge in [-0.25, -0.2) is 4.79 Å². The van der Waals surface area contributed by atoms with Crippen molar-refractivity contribution in [2.45, 2.75) is 6.92 Å². The molecule has 0 amide bonds. The molecular formula is C17H16N2O2. The fraction of sp³-hybridized carbons (Fsp3) is 0.118. The third-order valence-corrected chi connectivity index (χ3v) is 3.49. The van der Waals surface area contributed by atoms with Gasteiger partial charge in [0.15, 0.2) is 0 Å². The maximum atomic E-state index is 11.0. The van der Waals surface area contributed by atoms with Gasteiger partial charge >= 0.3 is 5.97 Å². The average Bonchev–Trinajstić information content (AvgIpc) is 2.97. The van der Waals surface area contributed by atoms with Gasteiger partial charge < -0.3 is 14.9 Å². The summed E-state index contributed by atoms with van der Waals surface area (Å²) < 4.78 is 0. The van der Waals surface area contributed by atoms with Gasteiger partial charge in [-0.15, -0.1) is 0 Å². The van der Waals surface area contributed by atoms with Gasteiger partial charge in [0.05, 0.1) is 12.2 Å². The van der Waals surface area contributed by atoms with Gasteiger partial charge in [-0.05, 0) is 42.8 Å². The summed E-state index contributed by atoms with van der Waals surface area (Å²) >= 11 is 0. The van der Waals surface area contributed by atoms with E-state index in [0.29, 0.717) is 12.2 Å². The number of hydrogen-bond acceptors (Lipinski definition) is 3. The summed E-state index contributed by atoms with van der Waals surface area (Å²) in [7, 11) is 0. The van der Waals surface area contributed by atoms with E-state index in [2.05, 4.69) is 30.0 Å². The lowest BCUT2D eigenvalue weighted by Crippen LogP contribution is -2.24. The Bertz CT molecular complexity index is 709. The molecule has 0 radical (unpaired) electrons. The number of aromatic carboxylic acids is 1. The lowest BCUT2D eigenvalue weighted by molar-refractivity contribution is 0.0697. The van der Waals surface area contributed by atoms with E-state index in [1.54, 1.807) is 18.2 Å². The van der Waals surface area contributed by atoms with Crippen molar-refractivity contribution in [3.05, 3.63) is 72.1 Å². The average molecular weight is 280 g/mol. The van der Waals surface area contributed by atoms with E-state index in [1.165, 1.54) is 5.56 Å². The minimum atomic E-state index is -0.907. The zero-order valence-corrected chi connectivity index (χ0v) is 11.7. The molecule has 0 unspecified atom stereocenters. The van der Waals surface area contributed by atoms with E-state index in [-0.39, 0.29) is 0 Å². The van der Waals surface area contributed by atoms with Crippen molar-refractivity contribution in [1.82, 2.24) is 0 Å². The van der Waals surface area contributed by atoms with Crippen LogP contribution in [0.2, 0.25) is 0 Å². The van der Waals surface area contributed by atoms with Crippen molar-refractivity contribution >= 4 is 17.3 Å². The Kier molecular flexibility index (Phi) is 3.36. The molecule has 0 saturated carbocycles. The number of carbonyl (C=O) groups is 1. The summed E-state index contributed by atoms with van der Waals surface area (Å²) in [5.74, 6) is -0.907. The number of hydrogen-bond donors (Lipinski definition) is 1. The Balaban J connectivity index is 1.80. The first-order valence-electron chi connectivity index (χ1n) is 6.75. The van der Waals surface area contributed by atoms with Crippen molar-refractivity contribution in [2.75, 3.05) is 16.5 Å². The molecule has 1 aliphatic rings. The molecule has 0 aromatic heterocycles. The van der Waals surface area contributed by atoms with Crippen LogP contribution in [0.5, 0.6) is 0 Å². The number of rotatable bonds is 3. The standard InChI is InChI=1S/C17H16N2O2/c1-13-4-2-6-15(10-13)18-8-9-19(12-18)16-7-3-5-14(11-16)17(20)21/h2-11H,12H2,1H3,(H,20,21). The van der Waals surface area contributed by atoms with Crippen LogP contribution in [0.25, 0.3) is 0 Å². The van der Waals surface area contributed by atoms with Gasteiger partial charge in [0.2, 0.25) is 0 Å². The highest BCUT2D eigenvalue weighted by molar-refractivity contribution is 5.89. The van der Waals surface area contributed by atoms with Crippen LogP contribution in [-0.4, -0.2) is 17.7 Å². The van der Waals surface area contributed by atoms with Gasteiger partial charge in [-0.3, -0.25) is 0 Å². The van der Waals surface area contributed by atoms with Crippen LogP contribution in [0.1, 0.15) is 15.9 Å². The maximum absolute atomic E-state index is 11.0. The maximum Gasteiger partial charge on any atom is 0.335 e. The largest absolute Gasteiger partial charge is 0.478 e. The molecule has 0 fully saturated rings. The van der Waals surface area contributed by atoms with Crippen molar-refractivity contribution in [2.24, 2.45) is 0 Å². The molecule has 0 spiro atoms. The molecule has 2 aromatic rings. The van der Waals surface area contributed by atoms with Gasteiger partial charge in [-0.1, -0.05) is 18.2 Å². The number of carboxylic acid groups (broad SMARTS) is 1. The highest BCUT2D eigenvalue weighted by atomic mass is 16.4. The van der Waals surface area contributed by atoms with Crippen molar-refractivity contribution < 1.29 is 9.90 Å². The van der Waals surface area contributed by atoms with Crippen molar-refractivity contribution in [3.8, 4) is 0 Å². The zero-order chi connectivity index (χ0) is 14.8. The normalized spacial score (nSPS) is 13.8. The number of aryl methyl sites for hydroxylation is 1. The Morgan fingerprint density at radius 3 is 2.24 bits per heavy atom. The Labute approximate surface area is 123 Å². The van der Waals surface area contributed by atoms with Crippen LogP contribution >= 0.6 is 0 Å². The third-order valence-electron chi connectivity index (χ3n) is 3.49. The summed E-state index contributed by atoms with van der Waals surface area (Å²) in [6.45, 7) is 2.74. The zero-order valence-electron chi connectivity index (χ0n) is 11.7. The lowest BCUT2D eigenvalue weighted by Gasteiger charge is -2.22. The van der Waals surface area contributed by atoms with Crippen LogP contribution in [0, 0.1) is 6.92 Å². The van der Waals surface area contributed by atoms with Gasteiger partial charge in [-0.2, -0.15) is 0 Å². The Morgan fingerprint density at radius 2 is 1.62 bits per heavy atom. The van der Waals surface area contributed by atoms with E-state index in [9.17, 15) is 4.79 Å². The molecule has 0 aliphatic carbocycles. The molecule has 0 saturated heterocycles. The number of nitrogens with zero attached hydrogens (tertiary/aromatic N) is 2. The third kappa shape index (κ3) is 2.74. The van der Waals surface area contributed by atoms with Gasteiger partial charge in [0, 0.05) is 23.8 Å². The summed E-state index contributed by atoms with van der Waals surface area (Å²) in [5, 5.41) is 9.07. The summed E-state index contributed by atoms with van der Waals surface area (Å²) in [6, 6.07) is 15.3. The summed E-state index contributed by atoms with van der Waals surface area (Å²) in [4.78, 5) is 15.2. The van der Waals surface area contributed by atoms with Gasteiger partial charge in [0.25, 0.3) is 0 Å². The minimum Gasteiger partial charge on any atom is -0.478 e. The first-order chi connectivity index (χ1) is 10.1. The van der Waals surface area contributed by atoms with E-state index >= 15 is 0 Å². The highest BCUT2D eigenvalue weighted by Crippen LogP contribution is 2.25. The highest BCUT2D eigenvalue weighted by Gasteiger charge is 2.16. The quantitative estimate of drug-likeness (QED) is 0.935. The molecule has 1 aliphatic heterocycles. The predicted octanol–water partition coefficient (Wildman–Crippen LogP) is 3.45. The molecule has 106 valence electrons. The molecule has 0 atom stereocenters. The second kappa shape index (κ2) is 5.32. The monoisotopic (exact) mass is 280 g/mol. The molecule has 1 heterocycles. The van der Waals surface area contributed by atoms with Crippen molar-refractivity contribution in [3.63, 3.8) is 0 Å². The van der Waals surface area contributed by atoms with Crippen LogP contribution in [0.4, 0.5) is 11.4 Å². The van der Waals surface area contributed by atoms with Crippen LogP contribution in [0.3, 0.4) is 0 Å². The van der Waals surface area contributed by atoms with E-state index in [4.69, 9.17) is 5.11 Å². The first kappa shape index (κ1) is 13.2. The topological polar surface area (TPSA) is 43.8 Å². The lowest BCUT2D eigenvalue weighted by atomic mass is 10.2. The second-order valence-corrected chi connectivity index (χ2v) is 5.07. The van der Waals surface area contributed by atoms with E-state index in [1.807, 2.05) is 29.4 Å². The molecule has 1 N–H and O–H groups in total. The predicted molar refractivity (Wildman–Crippen MR) is 83.5 cm³/mol. The fourth-order valence-electron chi connectivity index (χ4n) is 2.38. The SMILES string of the molecule is Cc1cccc(N2C=CN(c3cccc(C(=O)O)c3)C2)c1. The van der Waals surface area contributed by atoms with Crippen LogP contribution in [-0.2, 0) is 0 Å². The molecule has 21 heavy (non-hydrogen) atoms. The molecular weight excluding hydrogens is 264 g/mol. The van der Waals surface area contributed by atoms with Crippen LogP contribution < -0.4 is 9.80 Å². The molecule has 4 heteroatoms.